The maximum Gasteiger partial charge on any atom is 0.207 e. The zero-order chi connectivity index (χ0) is 17.3. The summed E-state index contributed by atoms with van der Waals surface area (Å²) in [5, 5.41) is 29.5. The molecule has 0 amide bonds. The van der Waals surface area contributed by atoms with Crippen molar-refractivity contribution in [1.29, 1.82) is 15.8 Å². The number of hydrogen-bond acceptors (Lipinski definition) is 3. The third-order valence-electron chi connectivity index (χ3n) is 5.24. The number of hydrogen-bond donors (Lipinski definition) is 2. The Morgan fingerprint density at radius 1 is 1.17 bits per heavy atom. The van der Waals surface area contributed by atoms with Crippen LogP contribution in [0.5, 0.6) is 0 Å². The Morgan fingerprint density at radius 3 is 2.42 bits per heavy atom. The van der Waals surface area contributed by atoms with E-state index in [1.165, 1.54) is 4.90 Å². The molecule has 1 aromatic rings. The number of allylic oxidation sites excluding steroid dienone is 1. The van der Waals surface area contributed by atoms with Gasteiger partial charge in [-0.3, -0.25) is 0 Å². The molecule has 0 aromatic heterocycles. The Morgan fingerprint density at radius 2 is 1.83 bits per heavy atom. The van der Waals surface area contributed by atoms with E-state index >= 15 is 0 Å². The largest absolute Gasteiger partial charge is 0.348 e. The smallest absolute Gasteiger partial charge is 0.207 e. The lowest BCUT2D eigenvalue weighted by atomic mass is 9.56. The first-order chi connectivity index (χ1) is 11.6. The van der Waals surface area contributed by atoms with Gasteiger partial charge in [-0.1, -0.05) is 30.3 Å². The minimum Gasteiger partial charge on any atom is -0.348 e. The van der Waals surface area contributed by atoms with E-state index in [1.54, 1.807) is 0 Å². The third-order valence-corrected chi connectivity index (χ3v) is 5.24. The van der Waals surface area contributed by atoms with E-state index in [9.17, 15) is 15.8 Å². The molecule has 0 fully saturated rings. The maximum atomic E-state index is 9.94. The summed E-state index contributed by atoms with van der Waals surface area (Å²) < 4.78 is 0. The van der Waals surface area contributed by atoms with Gasteiger partial charge in [0.2, 0.25) is 5.41 Å². The maximum absolute atomic E-state index is 9.94. The zero-order valence-electron chi connectivity index (χ0n) is 13.5. The van der Waals surface area contributed by atoms with Crippen molar-refractivity contribution in [2.24, 2.45) is 11.3 Å². The average Bonchev–Trinajstić information content (AvgIpc) is 2.62. The molecule has 1 heterocycles. The molecule has 24 heavy (non-hydrogen) atoms. The number of benzene rings is 1. The Labute approximate surface area is 141 Å². The number of quaternary nitrogens is 2. The lowest BCUT2D eigenvalue weighted by Gasteiger charge is -2.43. The first-order valence-electron chi connectivity index (χ1n) is 7.94. The van der Waals surface area contributed by atoms with E-state index in [4.69, 9.17) is 0 Å². The molecule has 1 unspecified atom stereocenters. The van der Waals surface area contributed by atoms with Gasteiger partial charge in [0.1, 0.15) is 6.07 Å². The summed E-state index contributed by atoms with van der Waals surface area (Å²) in [5.41, 5.74) is 5.08. The summed E-state index contributed by atoms with van der Waals surface area (Å²) in [7, 11) is 2.04. The van der Waals surface area contributed by atoms with Crippen LogP contribution in [0.15, 0.2) is 53.8 Å². The molecule has 0 spiro atoms. The standard InChI is InChI=1S/C19H17N5/c1-24-8-7-14-15(9-20)18(23)19(11-21,12-22)17(16(14)10-24)13-5-3-2-4-6-13/h2-8,16-18H,10,23H2,1H3/p+2/t16-,17-,18+/m0/s1. The van der Waals surface area contributed by atoms with Crippen molar-refractivity contribution in [3.05, 3.63) is 59.3 Å². The van der Waals surface area contributed by atoms with E-state index in [-0.39, 0.29) is 11.8 Å². The third kappa shape index (κ3) is 2.14. The summed E-state index contributed by atoms with van der Waals surface area (Å²) in [6, 6.07) is 15.7. The predicted molar refractivity (Wildman–Crippen MR) is 86.5 cm³/mol. The molecule has 2 aliphatic rings. The first-order valence-corrected chi connectivity index (χ1v) is 7.94. The van der Waals surface area contributed by atoms with Crippen LogP contribution in [-0.2, 0) is 0 Å². The minimum absolute atomic E-state index is 0.0515. The molecule has 0 saturated carbocycles. The number of rotatable bonds is 1. The Balaban J connectivity index is 2.31. The highest BCUT2D eigenvalue weighted by molar-refractivity contribution is 5.51. The minimum atomic E-state index is -1.34. The Bertz CT molecular complexity index is 817. The van der Waals surface area contributed by atoms with Gasteiger partial charge in [-0.15, -0.1) is 0 Å². The van der Waals surface area contributed by atoms with Gasteiger partial charge in [0, 0.05) is 11.8 Å². The van der Waals surface area contributed by atoms with Gasteiger partial charge in [0.25, 0.3) is 0 Å². The molecule has 1 aliphatic carbocycles. The summed E-state index contributed by atoms with van der Waals surface area (Å²) >= 11 is 0. The van der Waals surface area contributed by atoms with Gasteiger partial charge >= 0.3 is 0 Å². The van der Waals surface area contributed by atoms with Crippen LogP contribution < -0.4 is 10.6 Å². The van der Waals surface area contributed by atoms with Crippen molar-refractivity contribution >= 4 is 0 Å². The predicted octanol–water partition coefficient (Wildman–Crippen LogP) is -0.0938. The highest BCUT2D eigenvalue weighted by Gasteiger charge is 2.59. The molecule has 5 heteroatoms. The van der Waals surface area contributed by atoms with Crippen LogP contribution in [0.4, 0.5) is 0 Å². The first kappa shape index (κ1) is 16.0. The monoisotopic (exact) mass is 317 g/mol. The fourth-order valence-electron chi connectivity index (χ4n) is 4.05. The molecule has 4 N–H and O–H groups in total. The molecule has 0 radical (unpaired) electrons. The van der Waals surface area contributed by atoms with Crippen LogP contribution in [0.25, 0.3) is 0 Å². The van der Waals surface area contributed by atoms with Crippen molar-refractivity contribution in [1.82, 2.24) is 0 Å². The topological polar surface area (TPSA) is 103 Å². The fraction of sp³-hybridized carbons (Fsp3) is 0.316. The second kappa shape index (κ2) is 5.95. The second-order valence-corrected chi connectivity index (χ2v) is 6.50. The van der Waals surface area contributed by atoms with Gasteiger partial charge in [-0.2, -0.15) is 15.8 Å². The molecular formula is C19H19N5+2. The van der Waals surface area contributed by atoms with Gasteiger partial charge in [0.15, 0.2) is 6.04 Å². The number of nitrogens with zero attached hydrogens (tertiary/aromatic N) is 3. The van der Waals surface area contributed by atoms with Gasteiger partial charge in [-0.05, 0) is 17.2 Å². The molecule has 3 rings (SSSR count). The average molecular weight is 317 g/mol. The number of fused-ring (bicyclic) bond motifs is 1. The summed E-state index contributed by atoms with van der Waals surface area (Å²) in [5.74, 6) is -0.354. The number of nitrogens with one attached hydrogen (secondary N) is 1. The molecule has 118 valence electrons. The summed E-state index contributed by atoms with van der Waals surface area (Å²) in [6.45, 7) is 0.744. The summed E-state index contributed by atoms with van der Waals surface area (Å²) in [4.78, 5) is 1.19. The van der Waals surface area contributed by atoms with E-state index in [0.717, 1.165) is 17.7 Å². The van der Waals surface area contributed by atoms with E-state index in [2.05, 4.69) is 23.9 Å². The van der Waals surface area contributed by atoms with Crippen LogP contribution in [0.1, 0.15) is 11.5 Å². The normalized spacial score (nSPS) is 30.6. The fourth-order valence-corrected chi connectivity index (χ4v) is 4.05. The van der Waals surface area contributed by atoms with Crippen LogP contribution in [-0.4, -0.2) is 19.6 Å². The van der Waals surface area contributed by atoms with E-state index < -0.39 is 11.5 Å². The molecule has 1 aliphatic heterocycles. The van der Waals surface area contributed by atoms with Gasteiger partial charge < -0.3 is 10.6 Å². The molecule has 4 atom stereocenters. The van der Waals surface area contributed by atoms with Crippen molar-refractivity contribution in [2.45, 2.75) is 12.0 Å². The van der Waals surface area contributed by atoms with E-state index in [1.807, 2.05) is 49.7 Å². The Kier molecular flexibility index (Phi) is 3.96. The molecular weight excluding hydrogens is 298 g/mol. The molecule has 0 saturated heterocycles. The lowest BCUT2D eigenvalue weighted by molar-refractivity contribution is -0.830. The van der Waals surface area contributed by atoms with Crippen LogP contribution >= 0.6 is 0 Å². The van der Waals surface area contributed by atoms with Gasteiger partial charge in [-0.25, -0.2) is 0 Å². The Hall–Kier alpha value is -2.91. The molecule has 1 aromatic carbocycles. The molecule has 5 nitrogen and oxygen atoms in total. The van der Waals surface area contributed by atoms with Gasteiger partial charge in [0.05, 0.1) is 37.5 Å². The van der Waals surface area contributed by atoms with Crippen LogP contribution in [0, 0.1) is 45.3 Å². The highest BCUT2D eigenvalue weighted by Crippen LogP contribution is 2.51. The second-order valence-electron chi connectivity index (χ2n) is 6.50. The van der Waals surface area contributed by atoms with Crippen molar-refractivity contribution in [3.8, 4) is 18.2 Å². The van der Waals surface area contributed by atoms with Crippen molar-refractivity contribution in [2.75, 3.05) is 13.6 Å². The lowest BCUT2D eigenvalue weighted by Crippen LogP contribution is -3.06. The highest BCUT2D eigenvalue weighted by atomic mass is 15.1. The SMILES string of the molecule is C[NH+]1C=CC2=C(C#N)[C@@H]([NH3+])C(C#N)(C#N)[C@@H](c3ccccc3)[C@H]2C1. The van der Waals surface area contributed by atoms with Crippen molar-refractivity contribution in [3.63, 3.8) is 0 Å². The molecule has 0 bridgehead atoms. The van der Waals surface area contributed by atoms with Crippen LogP contribution in [0.3, 0.4) is 0 Å². The zero-order valence-corrected chi connectivity index (χ0v) is 13.5. The van der Waals surface area contributed by atoms with Crippen molar-refractivity contribution < 1.29 is 10.6 Å². The quantitative estimate of drug-likeness (QED) is 0.756. The summed E-state index contributed by atoms with van der Waals surface area (Å²) in [6.07, 6.45) is 3.98. The van der Waals surface area contributed by atoms with Crippen LogP contribution in [0.2, 0.25) is 0 Å². The van der Waals surface area contributed by atoms with E-state index in [0.29, 0.717) is 5.57 Å². The number of nitriles is 3.